The van der Waals surface area contributed by atoms with Gasteiger partial charge in [-0.25, -0.2) is 9.69 Å². The monoisotopic (exact) mass is 534 g/mol. The van der Waals surface area contributed by atoms with Crippen LogP contribution in [0.5, 0.6) is 0 Å². The summed E-state index contributed by atoms with van der Waals surface area (Å²) in [7, 11) is 0. The molecular formula is C38H22N4. The first kappa shape index (κ1) is 23.8. The summed E-state index contributed by atoms with van der Waals surface area (Å²) in [5.41, 5.74) is 9.56. The molecule has 0 unspecified atom stereocenters. The fraction of sp³-hybridized carbons (Fsp3) is 0. The topological polar surface area (TPSA) is 18.6 Å². The maximum atomic E-state index is 7.89. The van der Waals surface area contributed by atoms with E-state index in [1.54, 1.807) is 0 Å². The average Bonchev–Trinajstić information content (AvgIpc) is 3.57. The lowest BCUT2D eigenvalue weighted by Crippen LogP contribution is -1.97. The first-order chi connectivity index (χ1) is 20.8. The maximum Gasteiger partial charge on any atom is 0.210 e. The Kier molecular flexibility index (Phi) is 5.22. The molecule has 0 saturated carbocycles. The van der Waals surface area contributed by atoms with Crippen LogP contribution in [0.4, 0.5) is 11.4 Å². The Morgan fingerprint density at radius 3 is 1.90 bits per heavy atom. The highest BCUT2D eigenvalue weighted by atomic mass is 15.0. The standard InChI is InChI=1S/C38H22N4/c1-39-26-21-22-36-32(24-26)31-16-10-15-28(38(31)42(36)37-20-8-5-17-33(37)40-2)25-11-9-12-27(23-25)41-34-18-6-3-13-29(34)30-14-4-7-19-35(30)41/h3-24H. The van der Waals surface area contributed by atoms with Crippen LogP contribution in [0.3, 0.4) is 0 Å². The Bertz CT molecular complexity index is 2390. The van der Waals surface area contributed by atoms with Crippen molar-refractivity contribution in [1.82, 2.24) is 9.13 Å². The van der Waals surface area contributed by atoms with Crippen molar-refractivity contribution in [2.45, 2.75) is 0 Å². The molecule has 0 amide bonds. The van der Waals surface area contributed by atoms with Gasteiger partial charge in [-0.15, -0.1) is 0 Å². The van der Waals surface area contributed by atoms with Gasteiger partial charge in [0.1, 0.15) is 0 Å². The molecule has 0 fully saturated rings. The van der Waals surface area contributed by atoms with Crippen LogP contribution in [0.2, 0.25) is 0 Å². The van der Waals surface area contributed by atoms with Gasteiger partial charge in [0.25, 0.3) is 0 Å². The Labute approximate surface area is 242 Å². The molecule has 0 atom stereocenters. The summed E-state index contributed by atoms with van der Waals surface area (Å²) < 4.78 is 4.52. The third-order valence-corrected chi connectivity index (χ3v) is 8.14. The van der Waals surface area contributed by atoms with Crippen LogP contribution in [0.15, 0.2) is 133 Å². The number of fused-ring (bicyclic) bond motifs is 6. The normalized spacial score (nSPS) is 11.3. The van der Waals surface area contributed by atoms with Crippen molar-refractivity contribution in [3.63, 3.8) is 0 Å². The number of hydrogen-bond donors (Lipinski definition) is 0. The Morgan fingerprint density at radius 1 is 0.476 bits per heavy atom. The van der Waals surface area contributed by atoms with E-state index < -0.39 is 0 Å². The lowest BCUT2D eigenvalue weighted by molar-refractivity contribution is 1.18. The van der Waals surface area contributed by atoms with Gasteiger partial charge in [-0.2, -0.15) is 0 Å². The van der Waals surface area contributed by atoms with Crippen molar-refractivity contribution in [2.75, 3.05) is 0 Å². The molecular weight excluding hydrogens is 512 g/mol. The van der Waals surface area contributed by atoms with Crippen LogP contribution in [0, 0.1) is 13.1 Å². The average molecular weight is 535 g/mol. The zero-order chi connectivity index (χ0) is 28.2. The lowest BCUT2D eigenvalue weighted by atomic mass is 10.0. The summed E-state index contributed by atoms with van der Waals surface area (Å²) in [6.45, 7) is 15.5. The second-order valence-corrected chi connectivity index (χ2v) is 10.4. The molecule has 194 valence electrons. The smallest absolute Gasteiger partial charge is 0.210 e. The zero-order valence-corrected chi connectivity index (χ0v) is 22.5. The molecule has 8 rings (SSSR count). The molecule has 0 saturated heterocycles. The van der Waals surface area contributed by atoms with E-state index in [4.69, 9.17) is 13.1 Å². The molecule has 2 heterocycles. The van der Waals surface area contributed by atoms with Crippen molar-refractivity contribution < 1.29 is 0 Å². The largest absolute Gasteiger partial charge is 0.319 e. The molecule has 0 N–H and O–H groups in total. The van der Waals surface area contributed by atoms with E-state index in [1.165, 1.54) is 21.8 Å². The quantitative estimate of drug-likeness (QED) is 0.201. The van der Waals surface area contributed by atoms with Crippen molar-refractivity contribution in [3.8, 4) is 22.5 Å². The van der Waals surface area contributed by atoms with Gasteiger partial charge in [0.05, 0.1) is 40.9 Å². The van der Waals surface area contributed by atoms with Crippen LogP contribution in [-0.4, -0.2) is 9.13 Å². The highest BCUT2D eigenvalue weighted by molar-refractivity contribution is 6.15. The van der Waals surface area contributed by atoms with E-state index >= 15 is 0 Å². The van der Waals surface area contributed by atoms with Crippen molar-refractivity contribution in [1.29, 1.82) is 0 Å². The zero-order valence-electron chi connectivity index (χ0n) is 22.5. The van der Waals surface area contributed by atoms with Crippen molar-refractivity contribution >= 4 is 55.0 Å². The maximum absolute atomic E-state index is 7.89. The summed E-state index contributed by atoms with van der Waals surface area (Å²) in [4.78, 5) is 7.56. The van der Waals surface area contributed by atoms with E-state index in [1.807, 2.05) is 42.5 Å². The van der Waals surface area contributed by atoms with E-state index in [0.717, 1.165) is 44.3 Å². The van der Waals surface area contributed by atoms with Gasteiger partial charge < -0.3 is 9.13 Å². The van der Waals surface area contributed by atoms with E-state index in [2.05, 4.69) is 110 Å². The number of benzene rings is 6. The predicted octanol–water partition coefficient (Wildman–Crippen LogP) is 10.6. The molecule has 2 aromatic heterocycles. The summed E-state index contributed by atoms with van der Waals surface area (Å²) in [6, 6.07) is 45.7. The Balaban J connectivity index is 1.45. The molecule has 8 aromatic rings. The van der Waals surface area contributed by atoms with Crippen LogP contribution < -0.4 is 0 Å². The van der Waals surface area contributed by atoms with Gasteiger partial charge in [0.15, 0.2) is 5.69 Å². The fourth-order valence-electron chi connectivity index (χ4n) is 6.37. The first-order valence-corrected chi connectivity index (χ1v) is 13.8. The molecule has 0 aliphatic carbocycles. The molecule has 4 heteroatoms. The van der Waals surface area contributed by atoms with Gasteiger partial charge >= 0.3 is 0 Å². The fourth-order valence-corrected chi connectivity index (χ4v) is 6.37. The third kappa shape index (κ3) is 3.40. The number of nitrogens with zero attached hydrogens (tertiary/aromatic N) is 4. The summed E-state index contributed by atoms with van der Waals surface area (Å²) in [5, 5.41) is 4.51. The first-order valence-electron chi connectivity index (χ1n) is 13.8. The molecule has 0 radical (unpaired) electrons. The molecule has 0 spiro atoms. The highest BCUT2D eigenvalue weighted by Crippen LogP contribution is 2.42. The van der Waals surface area contributed by atoms with Crippen molar-refractivity contribution in [2.24, 2.45) is 0 Å². The summed E-state index contributed by atoms with van der Waals surface area (Å²) in [5.74, 6) is 0. The molecule has 4 nitrogen and oxygen atoms in total. The molecule has 6 aromatic carbocycles. The van der Waals surface area contributed by atoms with E-state index in [-0.39, 0.29) is 0 Å². The molecule has 0 aliphatic heterocycles. The Morgan fingerprint density at radius 2 is 1.14 bits per heavy atom. The minimum Gasteiger partial charge on any atom is -0.319 e. The molecule has 42 heavy (non-hydrogen) atoms. The van der Waals surface area contributed by atoms with Gasteiger partial charge in [-0.3, -0.25) is 0 Å². The minimum absolute atomic E-state index is 0.583. The van der Waals surface area contributed by atoms with Crippen molar-refractivity contribution in [3.05, 3.63) is 156 Å². The summed E-state index contributed by atoms with van der Waals surface area (Å²) >= 11 is 0. The second-order valence-electron chi connectivity index (χ2n) is 10.4. The third-order valence-electron chi connectivity index (χ3n) is 8.14. The van der Waals surface area contributed by atoms with Gasteiger partial charge in [0, 0.05) is 27.4 Å². The predicted molar refractivity (Wildman–Crippen MR) is 173 cm³/mol. The Hall–Kier alpha value is -6.10. The highest BCUT2D eigenvalue weighted by Gasteiger charge is 2.19. The number of para-hydroxylation sites is 5. The van der Waals surface area contributed by atoms with Gasteiger partial charge in [-0.05, 0) is 53.4 Å². The van der Waals surface area contributed by atoms with Crippen LogP contribution in [0.1, 0.15) is 0 Å². The van der Waals surface area contributed by atoms with E-state index in [0.29, 0.717) is 11.4 Å². The minimum atomic E-state index is 0.583. The van der Waals surface area contributed by atoms with Crippen LogP contribution in [0.25, 0.3) is 75.8 Å². The summed E-state index contributed by atoms with van der Waals surface area (Å²) in [6.07, 6.45) is 0. The SMILES string of the molecule is [C-]#[N+]c1ccc2c(c1)c1cccc(-c3cccc(-n4c5ccccc5c5ccccc54)c3)c1n2-c1ccccc1[N+]#[C-]. The number of aromatic nitrogens is 2. The van der Waals surface area contributed by atoms with Gasteiger partial charge in [0.2, 0.25) is 5.69 Å². The number of hydrogen-bond acceptors (Lipinski definition) is 0. The van der Waals surface area contributed by atoms with Crippen LogP contribution in [-0.2, 0) is 0 Å². The lowest BCUT2D eigenvalue weighted by Gasteiger charge is -2.14. The second kappa shape index (κ2) is 9.24. The molecule has 0 bridgehead atoms. The number of rotatable bonds is 3. The van der Waals surface area contributed by atoms with E-state index in [9.17, 15) is 0 Å². The van der Waals surface area contributed by atoms with Gasteiger partial charge in [-0.1, -0.05) is 91.0 Å². The van der Waals surface area contributed by atoms with Crippen LogP contribution >= 0.6 is 0 Å². The molecule has 0 aliphatic rings.